The van der Waals surface area contributed by atoms with Crippen molar-refractivity contribution in [2.75, 3.05) is 11.5 Å². The second-order valence-electron chi connectivity index (χ2n) is 1.10. The summed E-state index contributed by atoms with van der Waals surface area (Å²) in [5, 5.41) is 15.3. The van der Waals surface area contributed by atoms with Crippen molar-refractivity contribution in [1.29, 1.82) is 0 Å². The Labute approximate surface area is 85.7 Å². The van der Waals surface area contributed by atoms with Crippen LogP contribution in [0.2, 0.25) is 0 Å². The van der Waals surface area contributed by atoms with Gasteiger partial charge in [0.1, 0.15) is 0 Å². The van der Waals surface area contributed by atoms with Crippen LogP contribution in [0.3, 0.4) is 0 Å². The molecule has 0 aromatic carbocycles. The summed E-state index contributed by atoms with van der Waals surface area (Å²) < 4.78 is 0. The maximum atomic E-state index is 9.29. The molecule has 0 atom stereocenters. The Bertz CT molecular complexity index is 105. The van der Waals surface area contributed by atoms with Gasteiger partial charge in [-0.15, -0.1) is 0 Å². The molecule has 0 amide bonds. The normalized spacial score (nSPS) is 6.73. The first-order valence-electron chi connectivity index (χ1n) is 2.20. The van der Waals surface area contributed by atoms with Crippen LogP contribution in [0.15, 0.2) is 0 Å². The maximum absolute atomic E-state index is 9.29. The molecule has 4 nitrogen and oxygen atoms in total. The Balaban J connectivity index is -0.000000107. The van der Waals surface area contributed by atoms with E-state index in [9.17, 15) is 9.59 Å². The Hall–Kier alpha value is 0.159. The van der Waals surface area contributed by atoms with Crippen LogP contribution in [0.5, 0.6) is 0 Å². The van der Waals surface area contributed by atoms with E-state index in [-0.39, 0.29) is 28.6 Å². The number of thiol groups is 2. The summed E-state index contributed by atoms with van der Waals surface area (Å²) in [4.78, 5) is 18.6. The van der Waals surface area contributed by atoms with Crippen molar-refractivity contribution >= 4 is 54.3 Å². The second-order valence-corrected chi connectivity index (χ2v) is 1.74. The Morgan fingerprint density at radius 1 is 1.00 bits per heavy atom. The van der Waals surface area contributed by atoms with Crippen LogP contribution in [-0.4, -0.2) is 50.7 Å². The zero-order valence-corrected chi connectivity index (χ0v) is 9.41. The summed E-state index contributed by atoms with van der Waals surface area (Å²) in [5.74, 6) is -1.93. The number of aliphatic carboxylic acids is 2. The van der Waals surface area contributed by atoms with Gasteiger partial charge in [-0.05, 0) is 0 Å². The molecule has 0 aromatic rings. The van der Waals surface area contributed by atoms with E-state index in [1.54, 1.807) is 0 Å². The van der Waals surface area contributed by atoms with E-state index in [1.165, 1.54) is 0 Å². The zero-order valence-electron chi connectivity index (χ0n) is 5.52. The minimum absolute atomic E-state index is 0. The van der Waals surface area contributed by atoms with Crippen molar-refractivity contribution in [3.8, 4) is 0 Å². The fourth-order valence-electron chi connectivity index (χ4n) is 0. The van der Waals surface area contributed by atoms with E-state index in [1.807, 2.05) is 0 Å². The number of carboxylic acids is 2. The molecule has 0 aliphatic heterocycles. The molecule has 0 radical (unpaired) electrons. The second kappa shape index (κ2) is 12.8. The van der Waals surface area contributed by atoms with Gasteiger partial charge in [0.05, 0.1) is 11.5 Å². The van der Waals surface area contributed by atoms with Gasteiger partial charge < -0.3 is 10.2 Å². The van der Waals surface area contributed by atoms with Gasteiger partial charge in [-0.1, -0.05) is 0 Å². The fourth-order valence-corrected chi connectivity index (χ4v) is 0. The van der Waals surface area contributed by atoms with Crippen molar-refractivity contribution in [1.82, 2.24) is 0 Å². The van der Waals surface area contributed by atoms with Gasteiger partial charge in [0.25, 0.3) is 0 Å². The Morgan fingerprint density at radius 3 is 1.09 bits per heavy atom. The first-order chi connectivity index (χ1) is 4.54. The molecule has 0 aromatic heterocycles. The SMILES string of the molecule is O=C(O)CS.O=C(O)CS.[SeH2]. The molecular formula is C4H10O4S2Se. The fraction of sp³-hybridized carbons (Fsp3) is 0.500. The van der Waals surface area contributed by atoms with Gasteiger partial charge in [0.15, 0.2) is 0 Å². The molecule has 2 N–H and O–H groups in total. The third kappa shape index (κ3) is 39.1. The predicted octanol–water partition coefficient (Wildman–Crippen LogP) is -0.915. The van der Waals surface area contributed by atoms with Crippen molar-refractivity contribution in [2.24, 2.45) is 0 Å². The quantitative estimate of drug-likeness (QED) is 0.385. The predicted molar refractivity (Wildman–Crippen MR) is 51.5 cm³/mol. The van der Waals surface area contributed by atoms with Crippen LogP contribution in [0, 0.1) is 0 Å². The van der Waals surface area contributed by atoms with E-state index < -0.39 is 11.9 Å². The molecule has 0 bridgehead atoms. The van der Waals surface area contributed by atoms with Crippen LogP contribution in [-0.2, 0) is 9.59 Å². The average Bonchev–Trinajstić information content (AvgIpc) is 1.89. The van der Waals surface area contributed by atoms with Crippen molar-refractivity contribution in [2.45, 2.75) is 0 Å². The van der Waals surface area contributed by atoms with E-state index in [0.717, 1.165) is 0 Å². The van der Waals surface area contributed by atoms with Crippen molar-refractivity contribution in [3.63, 3.8) is 0 Å². The molecule has 0 aliphatic rings. The molecule has 0 aliphatic carbocycles. The van der Waals surface area contributed by atoms with Crippen molar-refractivity contribution < 1.29 is 19.8 Å². The molecule has 0 fully saturated rings. The number of carboxylic acid groups (broad SMARTS) is 2. The van der Waals surface area contributed by atoms with Crippen LogP contribution in [0.1, 0.15) is 0 Å². The molecule has 0 rings (SSSR count). The number of hydrogen-bond donors (Lipinski definition) is 4. The Kier molecular flexibility index (Phi) is 20.1. The molecule has 0 saturated heterocycles. The Morgan fingerprint density at radius 2 is 1.09 bits per heavy atom. The molecular weight excluding hydrogens is 255 g/mol. The van der Waals surface area contributed by atoms with Crippen molar-refractivity contribution in [3.05, 3.63) is 0 Å². The van der Waals surface area contributed by atoms with Crippen LogP contribution >= 0.6 is 25.3 Å². The molecule has 0 spiro atoms. The van der Waals surface area contributed by atoms with Gasteiger partial charge in [-0.25, -0.2) is 0 Å². The molecule has 7 heteroatoms. The van der Waals surface area contributed by atoms with Gasteiger partial charge in [0.2, 0.25) is 0 Å². The summed E-state index contributed by atoms with van der Waals surface area (Å²) in [6.07, 6.45) is 0. The van der Waals surface area contributed by atoms with Crippen LogP contribution in [0.25, 0.3) is 0 Å². The number of hydrogen-bond acceptors (Lipinski definition) is 4. The summed E-state index contributed by atoms with van der Waals surface area (Å²) in [7, 11) is 0. The van der Waals surface area contributed by atoms with Crippen LogP contribution in [0.4, 0.5) is 0 Å². The summed E-state index contributed by atoms with van der Waals surface area (Å²) in [6, 6.07) is 0. The van der Waals surface area contributed by atoms with Gasteiger partial charge in [-0.2, -0.15) is 25.3 Å². The molecule has 0 heterocycles. The monoisotopic (exact) mass is 266 g/mol. The van der Waals surface area contributed by atoms with Crippen LogP contribution < -0.4 is 0 Å². The molecule has 11 heavy (non-hydrogen) atoms. The van der Waals surface area contributed by atoms with Gasteiger partial charge in [0, 0.05) is 0 Å². The standard InChI is InChI=1S/2C2H4O2S.H2Se/c2*3-2(4)1-5;/h2*5H,1H2,(H,3,4);1H2. The van der Waals surface area contributed by atoms with Gasteiger partial charge in [-0.3, -0.25) is 9.59 Å². The summed E-state index contributed by atoms with van der Waals surface area (Å²) in [6.45, 7) is 0. The first kappa shape index (κ1) is 17.3. The molecule has 0 saturated carbocycles. The third-order valence-electron chi connectivity index (χ3n) is 0.271. The number of rotatable bonds is 2. The molecule has 0 unspecified atom stereocenters. The minimum atomic E-state index is -0.881. The summed E-state index contributed by atoms with van der Waals surface area (Å²) in [5.41, 5.74) is 0. The topological polar surface area (TPSA) is 74.6 Å². The van der Waals surface area contributed by atoms with E-state index in [4.69, 9.17) is 10.2 Å². The average molecular weight is 265 g/mol. The van der Waals surface area contributed by atoms with E-state index >= 15 is 0 Å². The zero-order chi connectivity index (χ0) is 8.57. The van der Waals surface area contributed by atoms with E-state index in [2.05, 4.69) is 25.3 Å². The first-order valence-corrected chi connectivity index (χ1v) is 3.46. The van der Waals surface area contributed by atoms with Gasteiger partial charge >= 0.3 is 29.0 Å². The van der Waals surface area contributed by atoms with E-state index in [0.29, 0.717) is 0 Å². The number of carbonyl (C=O) groups is 2. The third-order valence-corrected chi connectivity index (χ3v) is 0.812. The summed E-state index contributed by atoms with van der Waals surface area (Å²) >= 11 is 6.83. The molecule has 68 valence electrons.